The van der Waals surface area contributed by atoms with Crippen molar-refractivity contribution in [3.8, 4) is 0 Å². The molecule has 218 valence electrons. The van der Waals surface area contributed by atoms with Gasteiger partial charge in [0.25, 0.3) is 5.91 Å². The van der Waals surface area contributed by atoms with Crippen LogP contribution in [0.2, 0.25) is 0 Å². The van der Waals surface area contributed by atoms with Crippen LogP contribution in [-0.2, 0) is 27.8 Å². The summed E-state index contributed by atoms with van der Waals surface area (Å²) in [6.45, 7) is 1.49. The molecule has 0 bridgehead atoms. The Morgan fingerprint density at radius 1 is 1.17 bits per heavy atom. The summed E-state index contributed by atoms with van der Waals surface area (Å²) in [7, 11) is 0. The van der Waals surface area contributed by atoms with Crippen molar-refractivity contribution in [2.45, 2.75) is 62.7 Å². The Bertz CT molecular complexity index is 1630. The number of hydrogen-bond donors (Lipinski definition) is 2. The molecule has 3 aromatic rings. The molecule has 2 N–H and O–H groups in total. The van der Waals surface area contributed by atoms with Crippen LogP contribution < -0.4 is 10.6 Å². The standard InChI is InChI=1S/C30H27F4N5O3/c1-15-5-3-6-19(24(15)31)20-10-22(27(41)39(16(20)2)14-30(32,33)34)37-26(40)18-9-17-11-29(12-23(17)36-13-18)21-7-4-8-35-25(21)38-28(29)42/h3-9,13,16,20,22H,10-12,14H2,1-2H3,(H,37,40)(H,35,38,42)/t16-,20-,22+,29+/m1/s1. The van der Waals surface area contributed by atoms with E-state index in [1.807, 2.05) is 6.07 Å². The number of aromatic nitrogens is 2. The fourth-order valence-corrected chi connectivity index (χ4v) is 6.53. The number of rotatable bonds is 4. The lowest BCUT2D eigenvalue weighted by Crippen LogP contribution is -2.59. The van der Waals surface area contributed by atoms with Gasteiger partial charge in [-0.2, -0.15) is 13.2 Å². The number of piperidine rings is 1. The quantitative estimate of drug-likeness (QED) is 0.454. The Kier molecular flexibility index (Phi) is 6.54. The van der Waals surface area contributed by atoms with Gasteiger partial charge < -0.3 is 15.5 Å². The van der Waals surface area contributed by atoms with E-state index in [2.05, 4.69) is 20.6 Å². The van der Waals surface area contributed by atoms with Crippen molar-refractivity contribution < 1.29 is 31.9 Å². The first-order valence-corrected chi connectivity index (χ1v) is 13.6. The molecule has 2 aliphatic heterocycles. The van der Waals surface area contributed by atoms with E-state index in [-0.39, 0.29) is 29.9 Å². The van der Waals surface area contributed by atoms with Gasteiger partial charge in [-0.1, -0.05) is 24.3 Å². The van der Waals surface area contributed by atoms with Crippen LogP contribution in [0.15, 0.2) is 48.8 Å². The third-order valence-corrected chi connectivity index (χ3v) is 8.69. The van der Waals surface area contributed by atoms with Crippen LogP contribution >= 0.6 is 0 Å². The van der Waals surface area contributed by atoms with Crippen LogP contribution in [0.5, 0.6) is 0 Å². The average Bonchev–Trinajstić information content (AvgIpc) is 3.46. The van der Waals surface area contributed by atoms with E-state index >= 15 is 4.39 Å². The minimum atomic E-state index is -4.69. The lowest BCUT2D eigenvalue weighted by atomic mass is 9.80. The number of pyridine rings is 2. The van der Waals surface area contributed by atoms with E-state index < -0.39 is 53.8 Å². The monoisotopic (exact) mass is 581 g/mol. The third kappa shape index (κ3) is 4.58. The number of carbonyl (C=O) groups excluding carboxylic acids is 3. The van der Waals surface area contributed by atoms with E-state index in [0.717, 1.165) is 5.56 Å². The maximum Gasteiger partial charge on any atom is 0.406 e. The van der Waals surface area contributed by atoms with Crippen molar-refractivity contribution in [2.75, 3.05) is 11.9 Å². The first kappa shape index (κ1) is 27.8. The summed E-state index contributed by atoms with van der Waals surface area (Å²) in [6, 6.07) is 7.55. The highest BCUT2D eigenvalue weighted by Gasteiger charge is 2.52. The Labute approximate surface area is 238 Å². The predicted octanol–water partition coefficient (Wildman–Crippen LogP) is 3.98. The van der Waals surface area contributed by atoms with Crippen LogP contribution in [0.4, 0.5) is 23.4 Å². The maximum atomic E-state index is 15.1. The van der Waals surface area contributed by atoms with Gasteiger partial charge in [0.1, 0.15) is 24.2 Å². The van der Waals surface area contributed by atoms with E-state index in [9.17, 15) is 27.6 Å². The molecule has 1 saturated heterocycles. The SMILES string of the molecule is Cc1cccc([C@@H]2C[C@H](NC(=O)c3cnc4c(c3)C[C@@]3(C4)C(=O)Nc4ncccc43)C(=O)N(CC(F)(F)F)[C@@H]2C)c1F. The Morgan fingerprint density at radius 3 is 2.71 bits per heavy atom. The van der Waals surface area contributed by atoms with Crippen LogP contribution in [-0.4, -0.2) is 57.4 Å². The number of carbonyl (C=O) groups is 3. The normalized spacial score (nSPS) is 24.9. The topological polar surface area (TPSA) is 104 Å². The first-order chi connectivity index (χ1) is 19.9. The molecule has 1 aliphatic carbocycles. The molecule has 0 unspecified atom stereocenters. The van der Waals surface area contributed by atoms with Gasteiger partial charge in [-0.25, -0.2) is 9.37 Å². The zero-order chi connectivity index (χ0) is 30.0. The summed E-state index contributed by atoms with van der Waals surface area (Å²) in [6.07, 6.45) is -1.25. The highest BCUT2D eigenvalue weighted by molar-refractivity contribution is 6.06. The minimum absolute atomic E-state index is 0.0775. The number of amides is 3. The summed E-state index contributed by atoms with van der Waals surface area (Å²) in [4.78, 5) is 48.9. The van der Waals surface area contributed by atoms with Crippen molar-refractivity contribution in [3.63, 3.8) is 0 Å². The fraction of sp³-hybridized carbons (Fsp3) is 0.367. The Morgan fingerprint density at radius 2 is 1.95 bits per heavy atom. The second kappa shape index (κ2) is 9.88. The molecule has 6 rings (SSSR count). The molecule has 0 radical (unpaired) electrons. The van der Waals surface area contributed by atoms with Crippen LogP contribution in [0.25, 0.3) is 0 Å². The highest BCUT2D eigenvalue weighted by Crippen LogP contribution is 2.46. The van der Waals surface area contributed by atoms with Gasteiger partial charge in [0.05, 0.1) is 11.0 Å². The molecular formula is C30H27F4N5O3. The van der Waals surface area contributed by atoms with E-state index in [1.165, 1.54) is 19.2 Å². The number of benzene rings is 1. The molecule has 42 heavy (non-hydrogen) atoms. The molecule has 2 aromatic heterocycles. The van der Waals surface area contributed by atoms with Crippen molar-refractivity contribution >= 4 is 23.5 Å². The second-order valence-corrected chi connectivity index (χ2v) is 11.3. The van der Waals surface area contributed by atoms with E-state index in [0.29, 0.717) is 34.0 Å². The number of fused-ring (bicyclic) bond motifs is 3. The molecule has 1 spiro atoms. The summed E-state index contributed by atoms with van der Waals surface area (Å²) >= 11 is 0. The zero-order valence-electron chi connectivity index (χ0n) is 22.8. The predicted molar refractivity (Wildman–Crippen MR) is 143 cm³/mol. The Balaban J connectivity index is 1.27. The summed E-state index contributed by atoms with van der Waals surface area (Å²) in [5.74, 6) is -2.65. The average molecular weight is 582 g/mol. The van der Waals surface area contributed by atoms with E-state index in [4.69, 9.17) is 0 Å². The maximum absolute atomic E-state index is 15.1. The smallest absolute Gasteiger partial charge is 0.340 e. The second-order valence-electron chi connectivity index (χ2n) is 11.3. The number of anilines is 1. The molecule has 3 aliphatic rings. The van der Waals surface area contributed by atoms with Gasteiger partial charge in [0, 0.05) is 42.0 Å². The number of aryl methyl sites for hydroxylation is 1. The van der Waals surface area contributed by atoms with Gasteiger partial charge in [-0.3, -0.25) is 19.4 Å². The molecule has 12 heteroatoms. The lowest BCUT2D eigenvalue weighted by Gasteiger charge is -2.43. The number of alkyl halides is 3. The number of halogens is 4. The fourth-order valence-electron chi connectivity index (χ4n) is 6.53. The van der Waals surface area contributed by atoms with Crippen molar-refractivity contribution in [1.82, 2.24) is 20.2 Å². The van der Waals surface area contributed by atoms with Crippen molar-refractivity contribution in [1.29, 1.82) is 0 Å². The molecule has 3 amide bonds. The lowest BCUT2D eigenvalue weighted by molar-refractivity contribution is -0.170. The zero-order valence-corrected chi connectivity index (χ0v) is 22.8. The van der Waals surface area contributed by atoms with Crippen molar-refractivity contribution in [2.24, 2.45) is 0 Å². The molecule has 8 nitrogen and oxygen atoms in total. The number of likely N-dealkylation sites (tertiary alicyclic amines) is 1. The van der Waals surface area contributed by atoms with Crippen LogP contribution in [0.3, 0.4) is 0 Å². The van der Waals surface area contributed by atoms with Gasteiger partial charge in [0.15, 0.2) is 0 Å². The molecule has 1 aromatic carbocycles. The third-order valence-electron chi connectivity index (χ3n) is 8.69. The summed E-state index contributed by atoms with van der Waals surface area (Å²) in [5.41, 5.74) is 1.80. The summed E-state index contributed by atoms with van der Waals surface area (Å²) < 4.78 is 55.6. The van der Waals surface area contributed by atoms with Gasteiger partial charge in [-0.15, -0.1) is 0 Å². The Hall–Kier alpha value is -4.35. The number of nitrogens with one attached hydrogen (secondary N) is 2. The molecule has 1 fully saturated rings. The van der Waals surface area contributed by atoms with Crippen LogP contribution in [0.1, 0.15) is 57.6 Å². The number of hydrogen-bond acceptors (Lipinski definition) is 5. The first-order valence-electron chi connectivity index (χ1n) is 13.6. The molecule has 4 heterocycles. The van der Waals surface area contributed by atoms with Gasteiger partial charge in [-0.05, 0) is 55.5 Å². The number of nitrogens with zero attached hydrogens (tertiary/aromatic N) is 3. The van der Waals surface area contributed by atoms with E-state index in [1.54, 1.807) is 37.4 Å². The van der Waals surface area contributed by atoms with Crippen LogP contribution in [0, 0.1) is 12.7 Å². The molecule has 4 atom stereocenters. The van der Waals surface area contributed by atoms with Crippen molar-refractivity contribution in [3.05, 3.63) is 88.1 Å². The summed E-state index contributed by atoms with van der Waals surface area (Å²) in [5, 5.41) is 5.39. The largest absolute Gasteiger partial charge is 0.406 e. The van der Waals surface area contributed by atoms with Gasteiger partial charge in [0.2, 0.25) is 11.8 Å². The highest BCUT2D eigenvalue weighted by atomic mass is 19.4. The molecular weight excluding hydrogens is 554 g/mol. The molecule has 0 saturated carbocycles. The van der Waals surface area contributed by atoms with Gasteiger partial charge >= 0.3 is 6.18 Å². The minimum Gasteiger partial charge on any atom is -0.340 e.